The van der Waals surface area contributed by atoms with Gasteiger partial charge in [-0.15, -0.1) is 0 Å². The Labute approximate surface area is 216 Å². The van der Waals surface area contributed by atoms with E-state index in [0.29, 0.717) is 52.8 Å². The summed E-state index contributed by atoms with van der Waals surface area (Å²) in [6.07, 6.45) is 0.438. The number of fused-ring (bicyclic) bond motifs is 1. The van der Waals surface area contributed by atoms with Gasteiger partial charge in [0.1, 0.15) is 23.1 Å². The van der Waals surface area contributed by atoms with E-state index in [-0.39, 0.29) is 23.0 Å². The predicted octanol–water partition coefficient (Wildman–Crippen LogP) is 6.10. The normalized spacial score (nSPS) is 14.4. The number of hydrogen-bond acceptors (Lipinski definition) is 6. The van der Waals surface area contributed by atoms with E-state index >= 15 is 0 Å². The van der Waals surface area contributed by atoms with Crippen LogP contribution >= 0.6 is 11.6 Å². The first-order valence-electron chi connectivity index (χ1n) is 11.5. The topological polar surface area (TPSA) is 98.6 Å². The van der Waals surface area contributed by atoms with Crippen LogP contribution in [0.15, 0.2) is 72.8 Å². The number of ketones is 1. The second kappa shape index (κ2) is 10.4. The van der Waals surface area contributed by atoms with E-state index in [0.717, 1.165) is 5.56 Å². The fourth-order valence-electron chi connectivity index (χ4n) is 4.06. The van der Waals surface area contributed by atoms with Crippen molar-refractivity contribution in [3.05, 3.63) is 100 Å². The zero-order chi connectivity index (χ0) is 25.9. The lowest BCUT2D eigenvalue weighted by Crippen LogP contribution is -2.20. The lowest BCUT2D eigenvalue weighted by Gasteiger charge is -2.24. The third-order valence-electron chi connectivity index (χ3n) is 6.01. The summed E-state index contributed by atoms with van der Waals surface area (Å²) in [7, 11) is 0. The number of aliphatic carboxylic acids is 1. The van der Waals surface area contributed by atoms with Gasteiger partial charge in [-0.25, -0.2) is 4.39 Å². The molecular weight excluding hydrogens is 499 g/mol. The summed E-state index contributed by atoms with van der Waals surface area (Å²) in [4.78, 5) is 24.3. The van der Waals surface area contributed by atoms with Crippen molar-refractivity contribution in [2.45, 2.75) is 18.8 Å². The molecule has 5 rings (SSSR count). The molecule has 37 heavy (non-hydrogen) atoms. The SMILES string of the molecule is O=C(Cc1ccc(-c2ccc(F)cc2)nn1)c1ccc(Oc2cc3c(cc2Cl)C(C(=O)O)CCO3)cc1. The summed E-state index contributed by atoms with van der Waals surface area (Å²) < 4.78 is 24.6. The van der Waals surface area contributed by atoms with E-state index in [1.807, 2.05) is 0 Å². The van der Waals surface area contributed by atoms with Crippen LogP contribution < -0.4 is 9.47 Å². The molecule has 186 valence electrons. The van der Waals surface area contributed by atoms with Crippen molar-refractivity contribution in [1.82, 2.24) is 10.2 Å². The van der Waals surface area contributed by atoms with Gasteiger partial charge in [0.05, 0.1) is 35.4 Å². The van der Waals surface area contributed by atoms with Crippen LogP contribution in [0.1, 0.15) is 34.0 Å². The molecule has 7 nitrogen and oxygen atoms in total. The minimum Gasteiger partial charge on any atom is -0.493 e. The Morgan fingerprint density at radius 1 is 1.03 bits per heavy atom. The maximum atomic E-state index is 13.1. The van der Waals surface area contributed by atoms with E-state index in [1.165, 1.54) is 12.1 Å². The highest BCUT2D eigenvalue weighted by Crippen LogP contribution is 2.41. The number of carbonyl (C=O) groups is 2. The maximum absolute atomic E-state index is 13.1. The van der Waals surface area contributed by atoms with Crippen molar-refractivity contribution >= 4 is 23.4 Å². The fraction of sp³-hybridized carbons (Fsp3) is 0.143. The van der Waals surface area contributed by atoms with Crippen molar-refractivity contribution in [2.75, 3.05) is 6.61 Å². The smallest absolute Gasteiger partial charge is 0.311 e. The molecular formula is C28H20ClFN2O5. The molecule has 1 atom stereocenters. The third kappa shape index (κ3) is 5.44. The number of rotatable bonds is 7. The lowest BCUT2D eigenvalue weighted by atomic mass is 9.93. The number of nitrogens with zero attached hydrogens (tertiary/aromatic N) is 2. The Balaban J connectivity index is 1.25. The van der Waals surface area contributed by atoms with E-state index in [2.05, 4.69) is 10.2 Å². The molecule has 0 radical (unpaired) electrons. The summed E-state index contributed by atoms with van der Waals surface area (Å²) in [5.74, 6) is -0.876. The zero-order valence-electron chi connectivity index (χ0n) is 19.4. The molecule has 0 aliphatic carbocycles. The first kappa shape index (κ1) is 24.4. The number of hydrogen-bond donors (Lipinski definition) is 1. The highest BCUT2D eigenvalue weighted by Gasteiger charge is 2.29. The van der Waals surface area contributed by atoms with Crippen molar-refractivity contribution in [3.8, 4) is 28.5 Å². The van der Waals surface area contributed by atoms with Crippen molar-refractivity contribution in [2.24, 2.45) is 0 Å². The Morgan fingerprint density at radius 3 is 2.46 bits per heavy atom. The Bertz CT molecular complexity index is 1460. The minimum absolute atomic E-state index is 0.0651. The van der Waals surface area contributed by atoms with Crippen molar-refractivity contribution in [3.63, 3.8) is 0 Å². The van der Waals surface area contributed by atoms with Crippen LogP contribution in [0.4, 0.5) is 4.39 Å². The van der Waals surface area contributed by atoms with Crippen LogP contribution in [0.25, 0.3) is 11.3 Å². The van der Waals surface area contributed by atoms with Crippen LogP contribution in [-0.2, 0) is 11.2 Å². The van der Waals surface area contributed by atoms with Gasteiger partial charge in [0.2, 0.25) is 0 Å². The summed E-state index contributed by atoms with van der Waals surface area (Å²) in [6.45, 7) is 0.293. The first-order valence-corrected chi connectivity index (χ1v) is 11.8. The van der Waals surface area contributed by atoms with Gasteiger partial charge in [-0.1, -0.05) is 11.6 Å². The molecule has 0 fully saturated rings. The monoisotopic (exact) mass is 518 g/mol. The second-order valence-corrected chi connectivity index (χ2v) is 8.90. The number of carbonyl (C=O) groups excluding carboxylic acids is 1. The molecule has 1 aromatic heterocycles. The summed E-state index contributed by atoms with van der Waals surface area (Å²) in [5.41, 5.74) is 2.82. The van der Waals surface area contributed by atoms with Gasteiger partial charge in [-0.2, -0.15) is 10.2 Å². The van der Waals surface area contributed by atoms with Gasteiger partial charge in [0.25, 0.3) is 0 Å². The zero-order valence-corrected chi connectivity index (χ0v) is 20.1. The van der Waals surface area contributed by atoms with Crippen LogP contribution in [0.5, 0.6) is 17.2 Å². The quantitative estimate of drug-likeness (QED) is 0.295. The average Bonchev–Trinajstić information content (AvgIpc) is 2.90. The molecule has 3 aromatic carbocycles. The number of benzene rings is 3. The Morgan fingerprint density at radius 2 is 1.78 bits per heavy atom. The van der Waals surface area contributed by atoms with Crippen LogP contribution in [0.3, 0.4) is 0 Å². The summed E-state index contributed by atoms with van der Waals surface area (Å²) in [5, 5.41) is 18.0. The third-order valence-corrected chi connectivity index (χ3v) is 6.30. The number of carboxylic acid groups (broad SMARTS) is 1. The molecule has 1 unspecified atom stereocenters. The largest absolute Gasteiger partial charge is 0.493 e. The van der Waals surface area contributed by atoms with Crippen LogP contribution in [0.2, 0.25) is 5.02 Å². The highest BCUT2D eigenvalue weighted by molar-refractivity contribution is 6.32. The number of Topliss-reactive ketones (excluding diaryl/α,β-unsaturated/α-hetero) is 1. The number of aromatic nitrogens is 2. The lowest BCUT2D eigenvalue weighted by molar-refractivity contribution is -0.139. The summed E-state index contributed by atoms with van der Waals surface area (Å²) >= 11 is 6.35. The van der Waals surface area contributed by atoms with E-state index < -0.39 is 11.9 Å². The number of carboxylic acids is 1. The molecule has 0 spiro atoms. The molecule has 0 saturated heterocycles. The van der Waals surface area contributed by atoms with E-state index in [9.17, 15) is 19.1 Å². The van der Waals surface area contributed by atoms with E-state index in [4.69, 9.17) is 21.1 Å². The van der Waals surface area contributed by atoms with Gasteiger partial charge < -0.3 is 14.6 Å². The maximum Gasteiger partial charge on any atom is 0.311 e. The minimum atomic E-state index is -0.927. The first-order chi connectivity index (χ1) is 17.9. The average molecular weight is 519 g/mol. The fourth-order valence-corrected chi connectivity index (χ4v) is 4.27. The second-order valence-electron chi connectivity index (χ2n) is 8.49. The van der Waals surface area contributed by atoms with Crippen molar-refractivity contribution in [1.29, 1.82) is 0 Å². The van der Waals surface area contributed by atoms with Gasteiger partial charge in [0, 0.05) is 22.8 Å². The molecule has 0 saturated carbocycles. The molecule has 1 aliphatic heterocycles. The van der Waals surface area contributed by atoms with Gasteiger partial charge in [0.15, 0.2) is 5.78 Å². The van der Waals surface area contributed by atoms with Gasteiger partial charge in [-0.05, 0) is 73.2 Å². The van der Waals surface area contributed by atoms with E-state index in [1.54, 1.807) is 60.7 Å². The summed E-state index contributed by atoms with van der Waals surface area (Å²) in [6, 6.07) is 19.1. The number of halogens is 2. The molecule has 4 aromatic rings. The predicted molar refractivity (Wildman–Crippen MR) is 134 cm³/mol. The molecule has 1 aliphatic rings. The Kier molecular flexibility index (Phi) is 6.83. The van der Waals surface area contributed by atoms with Crippen LogP contribution in [-0.4, -0.2) is 33.7 Å². The standard InChI is InChI=1S/C28H20ClFN2O5/c29-23-14-22-21(28(34)35)11-12-36-26(22)15-27(23)37-20-8-3-17(4-9-20)25(33)13-19-7-10-24(32-31-19)16-1-5-18(30)6-2-16/h1-10,14-15,21H,11-13H2,(H,34,35). The number of ether oxygens (including phenoxy) is 2. The van der Waals surface area contributed by atoms with Gasteiger partial charge in [-0.3, -0.25) is 9.59 Å². The highest BCUT2D eigenvalue weighted by atomic mass is 35.5. The molecule has 0 bridgehead atoms. The Hall–Kier alpha value is -4.30. The molecule has 0 amide bonds. The van der Waals surface area contributed by atoms with Crippen molar-refractivity contribution < 1.29 is 28.6 Å². The molecule has 2 heterocycles. The van der Waals surface area contributed by atoms with Crippen LogP contribution in [0, 0.1) is 5.82 Å². The molecule has 9 heteroatoms. The molecule has 1 N–H and O–H groups in total. The van der Waals surface area contributed by atoms with Gasteiger partial charge >= 0.3 is 5.97 Å².